The Labute approximate surface area is 95.6 Å². The van der Waals surface area contributed by atoms with E-state index in [0.717, 1.165) is 18.7 Å². The molecular weight excluding hydrogens is 204 g/mol. The van der Waals surface area contributed by atoms with Gasteiger partial charge >= 0.3 is 0 Å². The molecule has 0 spiro atoms. The first-order valence-electron chi connectivity index (χ1n) is 5.83. The standard InChI is InChI=1S/C12H18N2O2/c1-8(2)14-6-4-5-11(14)12-7-10(9(3)15)13-16-12/h7-8,11H,4-6H2,1-3H3. The second-order valence-electron chi connectivity index (χ2n) is 4.66. The molecule has 1 aliphatic heterocycles. The molecule has 0 bridgehead atoms. The lowest BCUT2D eigenvalue weighted by molar-refractivity contribution is 0.100. The first-order chi connectivity index (χ1) is 7.59. The molecule has 1 unspecified atom stereocenters. The minimum absolute atomic E-state index is 0.0379. The molecule has 1 aliphatic rings. The Kier molecular flexibility index (Phi) is 3.10. The van der Waals surface area contributed by atoms with E-state index in [1.165, 1.54) is 13.3 Å². The van der Waals surface area contributed by atoms with Crippen LogP contribution in [0.25, 0.3) is 0 Å². The number of aromatic nitrogens is 1. The normalized spacial score (nSPS) is 21.9. The zero-order valence-corrected chi connectivity index (χ0v) is 10.1. The second kappa shape index (κ2) is 4.37. The van der Waals surface area contributed by atoms with Gasteiger partial charge in [-0.25, -0.2) is 0 Å². The van der Waals surface area contributed by atoms with Crippen molar-refractivity contribution in [2.45, 2.75) is 45.7 Å². The lowest BCUT2D eigenvalue weighted by atomic mass is 10.1. The lowest BCUT2D eigenvalue weighted by Crippen LogP contribution is -2.29. The molecule has 0 aliphatic carbocycles. The second-order valence-corrected chi connectivity index (χ2v) is 4.66. The van der Waals surface area contributed by atoms with E-state index < -0.39 is 0 Å². The van der Waals surface area contributed by atoms with E-state index in [-0.39, 0.29) is 5.78 Å². The maximum atomic E-state index is 11.2. The molecule has 16 heavy (non-hydrogen) atoms. The van der Waals surface area contributed by atoms with Crippen molar-refractivity contribution in [2.24, 2.45) is 0 Å². The quantitative estimate of drug-likeness (QED) is 0.737. The highest BCUT2D eigenvalue weighted by molar-refractivity contribution is 5.91. The molecule has 0 N–H and O–H groups in total. The van der Waals surface area contributed by atoms with Gasteiger partial charge in [-0.2, -0.15) is 0 Å². The number of hydrogen-bond acceptors (Lipinski definition) is 4. The summed E-state index contributed by atoms with van der Waals surface area (Å²) in [5.41, 5.74) is 0.436. The van der Waals surface area contributed by atoms with Crippen LogP contribution >= 0.6 is 0 Å². The first kappa shape index (κ1) is 11.3. The summed E-state index contributed by atoms with van der Waals surface area (Å²) in [6.07, 6.45) is 2.27. The van der Waals surface area contributed by atoms with Crippen LogP contribution in [-0.2, 0) is 0 Å². The molecule has 1 saturated heterocycles. The minimum atomic E-state index is -0.0379. The molecule has 0 saturated carbocycles. The average Bonchev–Trinajstić information content (AvgIpc) is 2.86. The van der Waals surface area contributed by atoms with E-state index in [1.54, 1.807) is 6.07 Å². The van der Waals surface area contributed by atoms with Crippen LogP contribution in [-0.4, -0.2) is 28.4 Å². The van der Waals surface area contributed by atoms with Crippen molar-refractivity contribution < 1.29 is 9.32 Å². The Morgan fingerprint density at radius 3 is 2.94 bits per heavy atom. The topological polar surface area (TPSA) is 46.3 Å². The summed E-state index contributed by atoms with van der Waals surface area (Å²) in [7, 11) is 0. The van der Waals surface area contributed by atoms with Gasteiger partial charge in [0.05, 0.1) is 6.04 Å². The molecule has 4 heteroatoms. The summed E-state index contributed by atoms with van der Waals surface area (Å²) in [5, 5.41) is 3.80. The number of ketones is 1. The van der Waals surface area contributed by atoms with Crippen LogP contribution in [0.3, 0.4) is 0 Å². The molecule has 2 heterocycles. The van der Waals surface area contributed by atoms with Crippen LogP contribution in [0.2, 0.25) is 0 Å². The Hall–Kier alpha value is -1.16. The smallest absolute Gasteiger partial charge is 0.181 e. The maximum absolute atomic E-state index is 11.2. The number of hydrogen-bond donors (Lipinski definition) is 0. The Bertz CT molecular complexity index is 384. The van der Waals surface area contributed by atoms with Gasteiger partial charge in [0.15, 0.2) is 11.5 Å². The van der Waals surface area contributed by atoms with Gasteiger partial charge in [-0.3, -0.25) is 9.69 Å². The molecule has 88 valence electrons. The van der Waals surface area contributed by atoms with E-state index in [9.17, 15) is 4.79 Å². The third kappa shape index (κ3) is 2.02. The molecule has 0 radical (unpaired) electrons. The third-order valence-corrected chi connectivity index (χ3v) is 3.18. The van der Waals surface area contributed by atoms with Crippen LogP contribution < -0.4 is 0 Å². The summed E-state index contributed by atoms with van der Waals surface area (Å²) in [6.45, 7) is 6.97. The van der Waals surface area contributed by atoms with Crippen molar-refractivity contribution in [3.63, 3.8) is 0 Å². The van der Waals surface area contributed by atoms with Gasteiger partial charge in [-0.15, -0.1) is 0 Å². The lowest BCUT2D eigenvalue weighted by Gasteiger charge is -2.26. The van der Waals surface area contributed by atoms with Crippen LogP contribution in [0, 0.1) is 0 Å². The molecule has 1 aromatic rings. The summed E-state index contributed by atoms with van der Waals surface area (Å²) >= 11 is 0. The molecule has 0 amide bonds. The SMILES string of the molecule is CC(=O)c1cc(C2CCCN2C(C)C)on1. The van der Waals surface area contributed by atoms with Crippen molar-refractivity contribution >= 4 is 5.78 Å². The van der Waals surface area contributed by atoms with Crippen LogP contribution in [0.5, 0.6) is 0 Å². The number of carbonyl (C=O) groups is 1. The van der Waals surface area contributed by atoms with E-state index in [4.69, 9.17) is 4.52 Å². The number of carbonyl (C=O) groups excluding carboxylic acids is 1. The van der Waals surface area contributed by atoms with Gasteiger partial charge in [0, 0.05) is 19.0 Å². The third-order valence-electron chi connectivity index (χ3n) is 3.18. The first-order valence-corrected chi connectivity index (χ1v) is 5.83. The summed E-state index contributed by atoms with van der Waals surface area (Å²) in [6, 6.07) is 2.58. The summed E-state index contributed by atoms with van der Waals surface area (Å²) in [5.74, 6) is 0.792. The molecule has 2 rings (SSSR count). The highest BCUT2D eigenvalue weighted by atomic mass is 16.5. The van der Waals surface area contributed by atoms with Crippen molar-refractivity contribution in [1.29, 1.82) is 0 Å². The summed E-state index contributed by atoms with van der Waals surface area (Å²) < 4.78 is 5.28. The number of nitrogens with zero attached hydrogens (tertiary/aromatic N) is 2. The maximum Gasteiger partial charge on any atom is 0.181 e. The van der Waals surface area contributed by atoms with Gasteiger partial charge in [-0.05, 0) is 33.2 Å². The van der Waals surface area contributed by atoms with Crippen molar-refractivity contribution in [1.82, 2.24) is 10.1 Å². The zero-order valence-electron chi connectivity index (χ0n) is 10.1. The Balaban J connectivity index is 2.19. The number of Topliss-reactive ketones (excluding diaryl/α,β-unsaturated/α-hetero) is 1. The Morgan fingerprint density at radius 1 is 1.62 bits per heavy atom. The van der Waals surface area contributed by atoms with E-state index >= 15 is 0 Å². The molecule has 1 fully saturated rings. The summed E-state index contributed by atoms with van der Waals surface area (Å²) in [4.78, 5) is 13.5. The van der Waals surface area contributed by atoms with Gasteiger partial charge in [0.2, 0.25) is 0 Å². The number of likely N-dealkylation sites (tertiary alicyclic amines) is 1. The molecule has 1 atom stereocenters. The minimum Gasteiger partial charge on any atom is -0.359 e. The van der Waals surface area contributed by atoms with Gasteiger partial charge in [-0.1, -0.05) is 5.16 Å². The van der Waals surface area contributed by atoms with Crippen molar-refractivity contribution in [3.8, 4) is 0 Å². The molecular formula is C12H18N2O2. The van der Waals surface area contributed by atoms with Gasteiger partial charge in [0.25, 0.3) is 0 Å². The van der Waals surface area contributed by atoms with Crippen LogP contribution in [0.15, 0.2) is 10.6 Å². The predicted octanol–water partition coefficient (Wildman–Crippen LogP) is 2.42. The molecule has 0 aromatic carbocycles. The largest absolute Gasteiger partial charge is 0.359 e. The highest BCUT2D eigenvalue weighted by Crippen LogP contribution is 2.33. The van der Waals surface area contributed by atoms with Crippen molar-refractivity contribution in [3.05, 3.63) is 17.5 Å². The fraction of sp³-hybridized carbons (Fsp3) is 0.667. The molecule has 4 nitrogen and oxygen atoms in total. The van der Waals surface area contributed by atoms with E-state index in [0.29, 0.717) is 17.8 Å². The predicted molar refractivity (Wildman–Crippen MR) is 60.3 cm³/mol. The van der Waals surface area contributed by atoms with Crippen LogP contribution in [0.1, 0.15) is 55.9 Å². The molecule has 1 aromatic heterocycles. The van der Waals surface area contributed by atoms with E-state index in [2.05, 4.69) is 23.9 Å². The van der Waals surface area contributed by atoms with Crippen molar-refractivity contribution in [2.75, 3.05) is 6.54 Å². The monoisotopic (exact) mass is 222 g/mol. The van der Waals surface area contributed by atoms with Crippen LogP contribution in [0.4, 0.5) is 0 Å². The average molecular weight is 222 g/mol. The van der Waals surface area contributed by atoms with E-state index in [1.807, 2.05) is 0 Å². The zero-order chi connectivity index (χ0) is 11.7. The van der Waals surface area contributed by atoms with Gasteiger partial charge < -0.3 is 4.52 Å². The van der Waals surface area contributed by atoms with Gasteiger partial charge in [0.1, 0.15) is 5.69 Å². The number of rotatable bonds is 3. The Morgan fingerprint density at radius 2 is 2.38 bits per heavy atom. The highest BCUT2D eigenvalue weighted by Gasteiger charge is 2.31. The fourth-order valence-electron chi connectivity index (χ4n) is 2.32. The fourth-order valence-corrected chi connectivity index (χ4v) is 2.32.